The van der Waals surface area contributed by atoms with Gasteiger partial charge in [-0.3, -0.25) is 5.43 Å². The van der Waals surface area contributed by atoms with Gasteiger partial charge in [-0.25, -0.2) is 9.40 Å². The number of aryl methyl sites for hydroxylation is 1. The SMILES string of the molecule is Fc1ccc(CCCCNN2CCNCC2)cc1. The highest BCUT2D eigenvalue weighted by Crippen LogP contribution is 2.06. The largest absolute Gasteiger partial charge is 0.314 e. The topological polar surface area (TPSA) is 27.3 Å². The van der Waals surface area contributed by atoms with Crippen molar-refractivity contribution in [2.45, 2.75) is 19.3 Å². The monoisotopic (exact) mass is 251 g/mol. The van der Waals surface area contributed by atoms with Crippen LogP contribution in [0.5, 0.6) is 0 Å². The van der Waals surface area contributed by atoms with E-state index in [1.165, 1.54) is 17.7 Å². The molecule has 0 aliphatic carbocycles. The third-order valence-electron chi connectivity index (χ3n) is 3.26. The van der Waals surface area contributed by atoms with E-state index in [-0.39, 0.29) is 5.82 Å². The Kier molecular flexibility index (Phi) is 5.58. The van der Waals surface area contributed by atoms with Crippen LogP contribution in [0.4, 0.5) is 4.39 Å². The number of benzene rings is 1. The number of hydrazine groups is 1. The quantitative estimate of drug-likeness (QED) is 0.751. The lowest BCUT2D eigenvalue weighted by Crippen LogP contribution is -2.50. The van der Waals surface area contributed by atoms with Gasteiger partial charge >= 0.3 is 0 Å². The number of unbranched alkanes of at least 4 members (excludes halogenated alkanes) is 1. The molecule has 1 aromatic carbocycles. The molecular formula is C14H22FN3. The van der Waals surface area contributed by atoms with Crippen LogP contribution >= 0.6 is 0 Å². The van der Waals surface area contributed by atoms with Crippen LogP contribution in [0.2, 0.25) is 0 Å². The van der Waals surface area contributed by atoms with Gasteiger partial charge in [-0.15, -0.1) is 0 Å². The van der Waals surface area contributed by atoms with Gasteiger partial charge in [0.2, 0.25) is 0 Å². The minimum atomic E-state index is -0.154. The van der Waals surface area contributed by atoms with Crippen LogP contribution < -0.4 is 10.7 Å². The van der Waals surface area contributed by atoms with Crippen molar-refractivity contribution in [3.05, 3.63) is 35.6 Å². The summed E-state index contributed by atoms with van der Waals surface area (Å²) in [6, 6.07) is 6.82. The van der Waals surface area contributed by atoms with E-state index in [4.69, 9.17) is 0 Å². The molecule has 0 bridgehead atoms. The van der Waals surface area contributed by atoms with Crippen molar-refractivity contribution in [3.63, 3.8) is 0 Å². The molecule has 0 radical (unpaired) electrons. The predicted octanol–water partition coefficient (Wildman–Crippen LogP) is 1.56. The zero-order valence-electron chi connectivity index (χ0n) is 10.8. The zero-order valence-corrected chi connectivity index (χ0v) is 10.8. The molecule has 0 amide bonds. The van der Waals surface area contributed by atoms with Gasteiger partial charge in [-0.2, -0.15) is 0 Å². The summed E-state index contributed by atoms with van der Waals surface area (Å²) in [6.07, 6.45) is 3.33. The minimum absolute atomic E-state index is 0.154. The number of piperazine rings is 1. The van der Waals surface area contributed by atoms with Crippen molar-refractivity contribution in [2.75, 3.05) is 32.7 Å². The second-order valence-corrected chi connectivity index (χ2v) is 4.73. The van der Waals surface area contributed by atoms with Crippen LogP contribution in [0, 0.1) is 5.82 Å². The fourth-order valence-corrected chi connectivity index (χ4v) is 2.17. The molecule has 2 N–H and O–H groups in total. The van der Waals surface area contributed by atoms with Crippen molar-refractivity contribution < 1.29 is 4.39 Å². The lowest BCUT2D eigenvalue weighted by atomic mass is 10.1. The molecule has 0 unspecified atom stereocenters. The van der Waals surface area contributed by atoms with Gasteiger partial charge in [0.25, 0.3) is 0 Å². The highest BCUT2D eigenvalue weighted by molar-refractivity contribution is 5.15. The fraction of sp³-hybridized carbons (Fsp3) is 0.571. The Morgan fingerprint density at radius 1 is 1.11 bits per heavy atom. The number of nitrogens with one attached hydrogen (secondary N) is 2. The Hall–Kier alpha value is -0.970. The number of nitrogens with zero attached hydrogens (tertiary/aromatic N) is 1. The molecule has 1 aliphatic heterocycles. The minimum Gasteiger partial charge on any atom is -0.314 e. The molecule has 0 atom stereocenters. The van der Waals surface area contributed by atoms with E-state index in [0.29, 0.717) is 0 Å². The fourth-order valence-electron chi connectivity index (χ4n) is 2.17. The van der Waals surface area contributed by atoms with Crippen LogP contribution in [0.15, 0.2) is 24.3 Å². The van der Waals surface area contributed by atoms with Crippen molar-refractivity contribution in [1.29, 1.82) is 0 Å². The van der Waals surface area contributed by atoms with Crippen molar-refractivity contribution in [1.82, 2.24) is 15.8 Å². The first-order chi connectivity index (χ1) is 8.84. The maximum atomic E-state index is 12.7. The van der Waals surface area contributed by atoms with Gasteiger partial charge in [-0.05, 0) is 37.0 Å². The summed E-state index contributed by atoms with van der Waals surface area (Å²) in [4.78, 5) is 0. The average Bonchev–Trinajstić information content (AvgIpc) is 2.42. The highest BCUT2D eigenvalue weighted by atomic mass is 19.1. The lowest BCUT2D eigenvalue weighted by molar-refractivity contribution is 0.163. The molecular weight excluding hydrogens is 229 g/mol. The molecule has 3 nitrogen and oxygen atoms in total. The summed E-state index contributed by atoms with van der Waals surface area (Å²) in [5, 5.41) is 5.62. The lowest BCUT2D eigenvalue weighted by Gasteiger charge is -2.27. The van der Waals surface area contributed by atoms with Crippen LogP contribution in [0.1, 0.15) is 18.4 Å². The Labute approximate surface area is 108 Å². The maximum absolute atomic E-state index is 12.7. The van der Waals surface area contributed by atoms with Gasteiger partial charge < -0.3 is 5.32 Å². The summed E-state index contributed by atoms with van der Waals surface area (Å²) in [7, 11) is 0. The van der Waals surface area contributed by atoms with Crippen molar-refractivity contribution in [3.8, 4) is 0 Å². The Morgan fingerprint density at radius 2 is 1.83 bits per heavy atom. The van der Waals surface area contributed by atoms with E-state index < -0.39 is 0 Å². The number of rotatable bonds is 6. The number of hydrogen-bond acceptors (Lipinski definition) is 3. The standard InChI is InChI=1S/C14H22FN3/c15-14-6-4-13(5-7-14)3-1-2-8-17-18-11-9-16-10-12-18/h4-7,16-17H,1-3,8-12H2. The highest BCUT2D eigenvalue weighted by Gasteiger charge is 2.07. The van der Waals surface area contributed by atoms with Crippen LogP contribution in [0.3, 0.4) is 0 Å². The van der Waals surface area contributed by atoms with E-state index in [9.17, 15) is 4.39 Å². The van der Waals surface area contributed by atoms with E-state index in [1.807, 2.05) is 12.1 Å². The van der Waals surface area contributed by atoms with Gasteiger partial charge in [0.15, 0.2) is 0 Å². The second kappa shape index (κ2) is 7.46. The molecule has 0 spiro atoms. The maximum Gasteiger partial charge on any atom is 0.123 e. The molecule has 4 heteroatoms. The van der Waals surface area contributed by atoms with Crippen LogP contribution in [-0.2, 0) is 6.42 Å². The molecule has 1 fully saturated rings. The summed E-state index contributed by atoms with van der Waals surface area (Å²) in [6.45, 7) is 5.34. The Balaban J connectivity index is 1.54. The summed E-state index contributed by atoms with van der Waals surface area (Å²) in [5.41, 5.74) is 4.67. The molecule has 1 heterocycles. The third kappa shape index (κ3) is 4.72. The first-order valence-corrected chi connectivity index (χ1v) is 6.78. The van der Waals surface area contributed by atoms with E-state index in [1.54, 1.807) is 0 Å². The summed E-state index contributed by atoms with van der Waals surface area (Å²) in [5.74, 6) is -0.154. The Morgan fingerprint density at radius 3 is 2.56 bits per heavy atom. The smallest absolute Gasteiger partial charge is 0.123 e. The zero-order chi connectivity index (χ0) is 12.6. The van der Waals surface area contributed by atoms with Gasteiger partial charge in [0.1, 0.15) is 5.82 Å². The van der Waals surface area contributed by atoms with Crippen molar-refractivity contribution >= 4 is 0 Å². The molecule has 1 aromatic rings. The van der Waals surface area contributed by atoms with E-state index in [2.05, 4.69) is 15.8 Å². The van der Waals surface area contributed by atoms with Crippen LogP contribution in [0.25, 0.3) is 0 Å². The molecule has 1 aliphatic rings. The first-order valence-electron chi connectivity index (χ1n) is 6.78. The summed E-state index contributed by atoms with van der Waals surface area (Å²) >= 11 is 0. The molecule has 2 rings (SSSR count). The Bertz CT molecular complexity index is 333. The van der Waals surface area contributed by atoms with Crippen LogP contribution in [-0.4, -0.2) is 37.7 Å². The molecule has 0 saturated carbocycles. The molecule has 18 heavy (non-hydrogen) atoms. The molecule has 100 valence electrons. The number of halogens is 1. The number of hydrogen-bond donors (Lipinski definition) is 2. The van der Waals surface area contributed by atoms with Gasteiger partial charge in [0.05, 0.1) is 0 Å². The summed E-state index contributed by atoms with van der Waals surface area (Å²) < 4.78 is 12.7. The van der Waals surface area contributed by atoms with Gasteiger partial charge in [-0.1, -0.05) is 12.1 Å². The third-order valence-corrected chi connectivity index (χ3v) is 3.26. The second-order valence-electron chi connectivity index (χ2n) is 4.73. The average molecular weight is 251 g/mol. The van der Waals surface area contributed by atoms with E-state index >= 15 is 0 Å². The molecule has 0 aromatic heterocycles. The first kappa shape index (κ1) is 13.5. The molecule has 1 saturated heterocycles. The van der Waals surface area contributed by atoms with Gasteiger partial charge in [0, 0.05) is 32.7 Å². The van der Waals surface area contributed by atoms with E-state index in [0.717, 1.165) is 52.0 Å². The normalized spacial score (nSPS) is 16.9. The van der Waals surface area contributed by atoms with Crippen molar-refractivity contribution in [2.24, 2.45) is 0 Å². The predicted molar refractivity (Wildman–Crippen MR) is 71.8 cm³/mol.